The second-order valence-electron chi connectivity index (χ2n) is 6.87. The minimum Gasteiger partial charge on any atom is -0.486 e. The number of amides is 1. The molecule has 0 spiro atoms. The largest absolute Gasteiger partial charge is 0.486 e. The van der Waals surface area contributed by atoms with Gasteiger partial charge in [0.15, 0.2) is 11.5 Å². The van der Waals surface area contributed by atoms with Gasteiger partial charge in [0.25, 0.3) is 0 Å². The molecule has 0 aromatic heterocycles. The maximum absolute atomic E-state index is 12.6. The van der Waals surface area contributed by atoms with E-state index in [9.17, 15) is 13.2 Å². The highest BCUT2D eigenvalue weighted by molar-refractivity contribution is 7.89. The summed E-state index contributed by atoms with van der Waals surface area (Å²) in [5, 5.41) is 0. The van der Waals surface area contributed by atoms with Gasteiger partial charge in [-0.05, 0) is 29.7 Å². The molecule has 148 valence electrons. The predicted octanol–water partition coefficient (Wildman–Crippen LogP) is 2.06. The first-order valence-corrected chi connectivity index (χ1v) is 10.7. The molecule has 0 aliphatic carbocycles. The molecule has 1 fully saturated rings. The van der Waals surface area contributed by atoms with Crippen molar-refractivity contribution in [1.29, 1.82) is 0 Å². The van der Waals surface area contributed by atoms with Crippen LogP contribution >= 0.6 is 0 Å². The third kappa shape index (κ3) is 4.13. The lowest BCUT2D eigenvalue weighted by Gasteiger charge is -2.19. The number of sulfonamides is 1. The van der Waals surface area contributed by atoms with Crippen LogP contribution < -0.4 is 14.2 Å². The minimum absolute atomic E-state index is 0.140. The van der Waals surface area contributed by atoms with Crippen molar-refractivity contribution in [3.8, 4) is 11.5 Å². The van der Waals surface area contributed by atoms with E-state index >= 15 is 0 Å². The maximum Gasteiger partial charge on any atom is 0.241 e. The fourth-order valence-corrected chi connectivity index (χ4v) is 4.34. The Labute approximate surface area is 164 Å². The topological polar surface area (TPSA) is 84.9 Å². The van der Waals surface area contributed by atoms with E-state index in [0.717, 1.165) is 24.1 Å². The zero-order chi connectivity index (χ0) is 19.6. The maximum atomic E-state index is 12.6. The Kier molecular flexibility index (Phi) is 5.23. The van der Waals surface area contributed by atoms with Crippen molar-refractivity contribution >= 4 is 15.9 Å². The van der Waals surface area contributed by atoms with Crippen LogP contribution in [0.1, 0.15) is 24.0 Å². The Bertz CT molecular complexity index is 973. The highest BCUT2D eigenvalue weighted by Gasteiger charge is 2.21. The molecule has 1 amide bonds. The molecule has 1 saturated heterocycles. The lowest BCUT2D eigenvalue weighted by atomic mass is 10.1. The molecular weight excluding hydrogens is 380 g/mol. The zero-order valence-electron chi connectivity index (χ0n) is 15.4. The van der Waals surface area contributed by atoms with E-state index in [1.54, 1.807) is 6.07 Å². The van der Waals surface area contributed by atoms with Crippen LogP contribution in [-0.4, -0.2) is 39.0 Å². The zero-order valence-corrected chi connectivity index (χ0v) is 16.2. The first-order chi connectivity index (χ1) is 13.5. The fraction of sp³-hybridized carbons (Fsp3) is 0.350. The molecule has 0 atom stereocenters. The van der Waals surface area contributed by atoms with Crippen LogP contribution in [0.15, 0.2) is 47.4 Å². The Morgan fingerprint density at radius 3 is 2.39 bits per heavy atom. The van der Waals surface area contributed by atoms with Crippen LogP contribution in [0.4, 0.5) is 0 Å². The van der Waals surface area contributed by atoms with Gasteiger partial charge in [-0.2, -0.15) is 0 Å². The Hall–Kier alpha value is -2.58. The summed E-state index contributed by atoms with van der Waals surface area (Å²) in [6.07, 6.45) is 1.54. The number of ether oxygens (including phenoxy) is 2. The van der Waals surface area contributed by atoms with E-state index in [1.165, 1.54) is 12.1 Å². The van der Waals surface area contributed by atoms with Gasteiger partial charge in [0.05, 0.1) is 4.90 Å². The Morgan fingerprint density at radius 2 is 1.68 bits per heavy atom. The number of hydrogen-bond donors (Lipinski definition) is 1. The van der Waals surface area contributed by atoms with E-state index < -0.39 is 10.0 Å². The van der Waals surface area contributed by atoms with Crippen molar-refractivity contribution in [3.05, 3.63) is 53.6 Å². The average Bonchev–Trinajstić information content (AvgIpc) is 3.11. The van der Waals surface area contributed by atoms with Gasteiger partial charge in [0, 0.05) is 32.1 Å². The number of rotatable bonds is 6. The predicted molar refractivity (Wildman–Crippen MR) is 103 cm³/mol. The summed E-state index contributed by atoms with van der Waals surface area (Å²) in [6.45, 7) is 2.44. The van der Waals surface area contributed by atoms with Gasteiger partial charge >= 0.3 is 0 Å². The number of hydrogen-bond acceptors (Lipinski definition) is 5. The third-order valence-electron chi connectivity index (χ3n) is 4.86. The van der Waals surface area contributed by atoms with Gasteiger partial charge in [-0.3, -0.25) is 4.79 Å². The highest BCUT2D eigenvalue weighted by atomic mass is 32.2. The second-order valence-corrected chi connectivity index (χ2v) is 8.63. The van der Waals surface area contributed by atoms with Gasteiger partial charge < -0.3 is 14.4 Å². The summed E-state index contributed by atoms with van der Waals surface area (Å²) in [5.74, 6) is 1.18. The summed E-state index contributed by atoms with van der Waals surface area (Å²) in [5.41, 5.74) is 1.88. The normalized spacial score (nSPS) is 16.4. The van der Waals surface area contributed by atoms with Crippen LogP contribution in [0.2, 0.25) is 0 Å². The molecule has 4 rings (SSSR count). The van der Waals surface area contributed by atoms with E-state index in [-0.39, 0.29) is 17.3 Å². The molecule has 0 radical (unpaired) electrons. The van der Waals surface area contributed by atoms with Gasteiger partial charge in [-0.25, -0.2) is 13.1 Å². The number of likely N-dealkylation sites (tertiary alicyclic amines) is 1. The number of carbonyl (C=O) groups is 1. The molecule has 0 saturated carbocycles. The molecule has 2 aliphatic rings. The van der Waals surface area contributed by atoms with Crippen molar-refractivity contribution in [3.63, 3.8) is 0 Å². The van der Waals surface area contributed by atoms with Crippen LogP contribution in [0.25, 0.3) is 0 Å². The summed E-state index contributed by atoms with van der Waals surface area (Å²) in [6, 6.07) is 12.2. The molecule has 0 unspecified atom stereocenters. The number of carbonyl (C=O) groups excluding carboxylic acids is 1. The summed E-state index contributed by atoms with van der Waals surface area (Å²) >= 11 is 0. The Balaban J connectivity index is 1.38. The molecular formula is C20H22N2O5S. The fourth-order valence-electron chi connectivity index (χ4n) is 3.31. The molecule has 7 nitrogen and oxygen atoms in total. The van der Waals surface area contributed by atoms with E-state index in [2.05, 4.69) is 4.72 Å². The van der Waals surface area contributed by atoms with E-state index in [0.29, 0.717) is 37.7 Å². The SMILES string of the molecule is O=C1CCCN1Cc1ccc(CNS(=O)(=O)c2ccc3c(c2)OCCO3)cc1. The molecule has 28 heavy (non-hydrogen) atoms. The third-order valence-corrected chi connectivity index (χ3v) is 6.26. The first kappa shape index (κ1) is 18.8. The van der Waals surface area contributed by atoms with Crippen LogP contribution in [0, 0.1) is 0 Å². The first-order valence-electron chi connectivity index (χ1n) is 9.26. The van der Waals surface area contributed by atoms with Crippen molar-refractivity contribution in [2.75, 3.05) is 19.8 Å². The van der Waals surface area contributed by atoms with Crippen molar-refractivity contribution in [2.45, 2.75) is 30.8 Å². The Morgan fingerprint density at radius 1 is 0.964 bits per heavy atom. The molecule has 1 N–H and O–H groups in total. The lowest BCUT2D eigenvalue weighted by molar-refractivity contribution is -0.128. The smallest absolute Gasteiger partial charge is 0.241 e. The number of nitrogens with zero attached hydrogens (tertiary/aromatic N) is 1. The summed E-state index contributed by atoms with van der Waals surface area (Å²) < 4.78 is 38.6. The van der Waals surface area contributed by atoms with Crippen molar-refractivity contribution in [2.24, 2.45) is 0 Å². The van der Waals surface area contributed by atoms with Crippen LogP contribution in [0.5, 0.6) is 11.5 Å². The van der Waals surface area contributed by atoms with Gasteiger partial charge in [-0.1, -0.05) is 24.3 Å². The molecule has 2 aromatic rings. The average molecular weight is 402 g/mol. The monoisotopic (exact) mass is 402 g/mol. The number of fused-ring (bicyclic) bond motifs is 1. The summed E-state index contributed by atoms with van der Waals surface area (Å²) in [7, 11) is -3.67. The molecule has 2 aliphatic heterocycles. The van der Waals surface area contributed by atoms with Gasteiger partial charge in [0.2, 0.25) is 15.9 Å². The number of nitrogens with one attached hydrogen (secondary N) is 1. The quantitative estimate of drug-likeness (QED) is 0.800. The van der Waals surface area contributed by atoms with Gasteiger partial charge in [0.1, 0.15) is 13.2 Å². The summed E-state index contributed by atoms with van der Waals surface area (Å²) in [4.78, 5) is 13.7. The molecule has 8 heteroatoms. The van der Waals surface area contributed by atoms with Gasteiger partial charge in [-0.15, -0.1) is 0 Å². The molecule has 0 bridgehead atoms. The van der Waals surface area contributed by atoms with Crippen molar-refractivity contribution in [1.82, 2.24) is 9.62 Å². The van der Waals surface area contributed by atoms with Crippen LogP contribution in [-0.2, 0) is 27.9 Å². The lowest BCUT2D eigenvalue weighted by Crippen LogP contribution is -2.24. The van der Waals surface area contributed by atoms with Crippen molar-refractivity contribution < 1.29 is 22.7 Å². The highest BCUT2D eigenvalue weighted by Crippen LogP contribution is 2.32. The standard InChI is InChI=1S/C20H22N2O5S/c23-20-2-1-9-22(20)14-16-5-3-15(4-6-16)13-21-28(24,25)17-7-8-18-19(12-17)27-11-10-26-18/h3-8,12,21H,1-2,9-11,13-14H2. The molecule has 2 heterocycles. The van der Waals surface area contributed by atoms with E-state index in [4.69, 9.17) is 9.47 Å². The minimum atomic E-state index is -3.67. The molecule has 2 aromatic carbocycles. The van der Waals surface area contributed by atoms with E-state index in [1.807, 2.05) is 29.2 Å². The van der Waals surface area contributed by atoms with Crippen LogP contribution in [0.3, 0.4) is 0 Å². The second kappa shape index (κ2) is 7.81. The number of benzene rings is 2.